The first kappa shape index (κ1) is 25.8. The van der Waals surface area contributed by atoms with Crippen molar-refractivity contribution in [2.24, 2.45) is 5.92 Å². The summed E-state index contributed by atoms with van der Waals surface area (Å²) < 4.78 is 0. The Labute approximate surface area is 166 Å². The third-order valence-corrected chi connectivity index (χ3v) is 3.06. The summed E-state index contributed by atoms with van der Waals surface area (Å²) in [6.07, 6.45) is 1.92. The Morgan fingerprint density at radius 2 is 1.45 bits per heavy atom. The number of carbonyl (C=O) groups is 2. The van der Waals surface area contributed by atoms with Crippen LogP contribution in [-0.4, -0.2) is 36.0 Å². The van der Waals surface area contributed by atoms with Crippen molar-refractivity contribution in [2.45, 2.75) is 52.5 Å². The summed E-state index contributed by atoms with van der Waals surface area (Å²) in [5.41, 5.74) is 0. The standard InChI is InChI=1S/C13H25NO4.2Na/c1-4-7-14(8-5-2)11(6-3)10(13(17)18)9-12(15)16;;/h10-11H,4-9H2,1-3H3,(H,15,16)(H,17,18);;/q;2*+1/p-2. The maximum Gasteiger partial charge on any atom is 1.00 e. The van der Waals surface area contributed by atoms with Gasteiger partial charge in [0.15, 0.2) is 0 Å². The fraction of sp³-hybridized carbons (Fsp3) is 0.846. The molecule has 0 aromatic heterocycles. The number of hydrogen-bond donors (Lipinski definition) is 0. The molecule has 2 atom stereocenters. The number of carbonyl (C=O) groups excluding carboxylic acids is 2. The van der Waals surface area contributed by atoms with Crippen molar-refractivity contribution in [1.82, 2.24) is 4.90 Å². The van der Waals surface area contributed by atoms with E-state index in [4.69, 9.17) is 0 Å². The number of hydrogen-bond acceptors (Lipinski definition) is 5. The Balaban J connectivity index is -0.00000144. The molecule has 0 aliphatic heterocycles. The molecule has 0 heterocycles. The van der Waals surface area contributed by atoms with Gasteiger partial charge < -0.3 is 19.8 Å². The molecule has 0 spiro atoms. The van der Waals surface area contributed by atoms with E-state index in [0.717, 1.165) is 25.9 Å². The molecule has 0 bridgehead atoms. The van der Waals surface area contributed by atoms with E-state index in [-0.39, 0.29) is 65.2 Å². The summed E-state index contributed by atoms with van der Waals surface area (Å²) in [4.78, 5) is 23.8. The summed E-state index contributed by atoms with van der Waals surface area (Å²) in [5, 5.41) is 21.8. The Morgan fingerprint density at radius 1 is 1.00 bits per heavy atom. The van der Waals surface area contributed by atoms with Crippen molar-refractivity contribution in [2.75, 3.05) is 13.1 Å². The minimum atomic E-state index is -1.34. The predicted molar refractivity (Wildman–Crippen MR) is 64.4 cm³/mol. The van der Waals surface area contributed by atoms with Crippen molar-refractivity contribution in [3.8, 4) is 0 Å². The first-order valence-corrected chi connectivity index (χ1v) is 6.62. The van der Waals surface area contributed by atoms with Gasteiger partial charge in [0.1, 0.15) is 0 Å². The molecule has 20 heavy (non-hydrogen) atoms. The number of nitrogens with zero attached hydrogens (tertiary/aromatic N) is 1. The largest absolute Gasteiger partial charge is 1.00 e. The molecule has 0 amide bonds. The third-order valence-electron chi connectivity index (χ3n) is 3.06. The van der Waals surface area contributed by atoms with Crippen LogP contribution in [0.1, 0.15) is 46.5 Å². The SMILES string of the molecule is CCCN(CCC)C(CC)C(CC(=O)[O-])C(=O)[O-].[Na+].[Na+]. The van der Waals surface area contributed by atoms with Gasteiger partial charge in [-0.05, 0) is 38.8 Å². The van der Waals surface area contributed by atoms with Gasteiger partial charge in [-0.1, -0.05) is 20.8 Å². The van der Waals surface area contributed by atoms with Crippen LogP contribution >= 0.6 is 0 Å². The van der Waals surface area contributed by atoms with Crippen molar-refractivity contribution in [3.63, 3.8) is 0 Å². The van der Waals surface area contributed by atoms with Crippen molar-refractivity contribution < 1.29 is 78.9 Å². The van der Waals surface area contributed by atoms with Gasteiger partial charge in [-0.25, -0.2) is 0 Å². The molecular weight excluding hydrogens is 280 g/mol. The summed E-state index contributed by atoms with van der Waals surface area (Å²) in [7, 11) is 0. The van der Waals surface area contributed by atoms with E-state index < -0.39 is 24.3 Å². The topological polar surface area (TPSA) is 83.5 Å². The van der Waals surface area contributed by atoms with Gasteiger partial charge in [-0.3, -0.25) is 4.90 Å². The van der Waals surface area contributed by atoms with Gasteiger partial charge in [-0.2, -0.15) is 0 Å². The third kappa shape index (κ3) is 9.77. The molecule has 2 unspecified atom stereocenters. The van der Waals surface area contributed by atoms with E-state index in [1.54, 1.807) is 0 Å². The van der Waals surface area contributed by atoms with E-state index in [1.165, 1.54) is 0 Å². The molecule has 0 fully saturated rings. The molecule has 5 nitrogen and oxygen atoms in total. The molecule has 0 radical (unpaired) electrons. The van der Waals surface area contributed by atoms with Crippen LogP contribution in [0.3, 0.4) is 0 Å². The van der Waals surface area contributed by atoms with Gasteiger partial charge in [-0.15, -0.1) is 0 Å². The second-order valence-corrected chi connectivity index (χ2v) is 4.51. The number of aliphatic carboxylic acids is 2. The Kier molecular flexibility index (Phi) is 19.1. The van der Waals surface area contributed by atoms with E-state index in [0.29, 0.717) is 6.42 Å². The number of carboxylic acids is 2. The Hall–Kier alpha value is 0.900. The van der Waals surface area contributed by atoms with Gasteiger partial charge in [0, 0.05) is 23.9 Å². The maximum absolute atomic E-state index is 11.1. The van der Waals surface area contributed by atoms with Crippen LogP contribution in [0.4, 0.5) is 0 Å². The average Bonchev–Trinajstić information content (AvgIpc) is 2.28. The van der Waals surface area contributed by atoms with Crippen molar-refractivity contribution in [1.29, 1.82) is 0 Å². The summed E-state index contributed by atoms with van der Waals surface area (Å²) in [6, 6.07) is -0.298. The molecule has 0 aromatic carbocycles. The molecule has 0 saturated heterocycles. The van der Waals surface area contributed by atoms with Crippen LogP contribution in [0, 0.1) is 5.92 Å². The van der Waals surface area contributed by atoms with Gasteiger partial charge >= 0.3 is 59.1 Å². The molecule has 0 aliphatic carbocycles. The van der Waals surface area contributed by atoms with E-state index in [2.05, 4.69) is 0 Å². The van der Waals surface area contributed by atoms with Crippen molar-refractivity contribution in [3.05, 3.63) is 0 Å². The van der Waals surface area contributed by atoms with Crippen LogP contribution in [0.2, 0.25) is 0 Å². The Bertz CT molecular complexity index is 271. The molecule has 0 aromatic rings. The van der Waals surface area contributed by atoms with Gasteiger partial charge in [0.05, 0.1) is 0 Å². The fourth-order valence-corrected chi connectivity index (χ4v) is 2.37. The van der Waals surface area contributed by atoms with Crippen LogP contribution in [0.25, 0.3) is 0 Å². The number of rotatable bonds is 10. The van der Waals surface area contributed by atoms with Crippen LogP contribution in [0.5, 0.6) is 0 Å². The molecule has 106 valence electrons. The van der Waals surface area contributed by atoms with E-state index in [9.17, 15) is 19.8 Å². The van der Waals surface area contributed by atoms with Crippen molar-refractivity contribution >= 4 is 11.9 Å². The molecule has 0 N–H and O–H groups in total. The van der Waals surface area contributed by atoms with E-state index >= 15 is 0 Å². The van der Waals surface area contributed by atoms with E-state index in [1.807, 2.05) is 25.7 Å². The molecule has 0 aliphatic rings. The molecule has 7 heteroatoms. The van der Waals surface area contributed by atoms with Gasteiger partial charge in [0.25, 0.3) is 0 Å². The molecular formula is C13H23NNa2O4. The average molecular weight is 303 g/mol. The maximum atomic E-state index is 11.1. The number of carboxylic acid groups (broad SMARTS) is 2. The van der Waals surface area contributed by atoms with Gasteiger partial charge in [0.2, 0.25) is 0 Å². The second kappa shape index (κ2) is 14.8. The summed E-state index contributed by atoms with van der Waals surface area (Å²) in [5.74, 6) is -3.64. The molecule has 0 saturated carbocycles. The smallest absolute Gasteiger partial charge is 0.550 e. The monoisotopic (exact) mass is 303 g/mol. The minimum absolute atomic E-state index is 0. The zero-order valence-electron chi connectivity index (χ0n) is 13.5. The van der Waals surface area contributed by atoms with Crippen LogP contribution in [-0.2, 0) is 9.59 Å². The predicted octanol–water partition coefficient (Wildman–Crippen LogP) is -6.60. The first-order chi connectivity index (χ1) is 8.47. The van der Waals surface area contributed by atoms with Crippen LogP contribution < -0.4 is 69.3 Å². The zero-order chi connectivity index (χ0) is 14.1. The fourth-order valence-electron chi connectivity index (χ4n) is 2.37. The Morgan fingerprint density at radius 3 is 1.70 bits per heavy atom. The minimum Gasteiger partial charge on any atom is -0.550 e. The first-order valence-electron chi connectivity index (χ1n) is 6.62. The van der Waals surface area contributed by atoms with Crippen LogP contribution in [0.15, 0.2) is 0 Å². The zero-order valence-corrected chi connectivity index (χ0v) is 17.5. The second-order valence-electron chi connectivity index (χ2n) is 4.51. The normalized spacial score (nSPS) is 13.0. The summed E-state index contributed by atoms with van der Waals surface area (Å²) >= 11 is 0. The quantitative estimate of drug-likeness (QED) is 0.375. The molecule has 0 rings (SSSR count). The summed E-state index contributed by atoms with van der Waals surface area (Å²) in [6.45, 7) is 7.44.